The number of ether oxygens (including phenoxy) is 1. The maximum absolute atomic E-state index is 13.1. The Hall–Kier alpha value is -2.57. The van der Waals surface area contributed by atoms with Gasteiger partial charge in [-0.2, -0.15) is 0 Å². The predicted molar refractivity (Wildman–Crippen MR) is 100 cm³/mol. The molecule has 27 heavy (non-hydrogen) atoms. The average Bonchev–Trinajstić information content (AvgIpc) is 2.85. The minimum atomic E-state index is -0.405. The van der Waals surface area contributed by atoms with E-state index < -0.39 is 5.41 Å². The van der Waals surface area contributed by atoms with Crippen LogP contribution in [0, 0.1) is 5.41 Å². The number of methoxy groups -OCH3 is 1. The SMILES string of the molecule is CCN1C[C@]2(CC1=O)CN(C(C)=O)CCN(C(=O)c1ccc(OC)cc1)C2. The Morgan fingerprint density at radius 2 is 1.70 bits per heavy atom. The predicted octanol–water partition coefficient (Wildman–Crippen LogP) is 1.24. The van der Waals surface area contributed by atoms with Crippen LogP contribution in [0.15, 0.2) is 24.3 Å². The van der Waals surface area contributed by atoms with Crippen LogP contribution >= 0.6 is 0 Å². The van der Waals surface area contributed by atoms with Gasteiger partial charge in [0.15, 0.2) is 0 Å². The molecular formula is C20H27N3O4. The fourth-order valence-electron chi connectivity index (χ4n) is 4.10. The maximum atomic E-state index is 13.1. The number of carbonyl (C=O) groups is 3. The molecular weight excluding hydrogens is 346 g/mol. The number of amides is 3. The zero-order valence-electron chi connectivity index (χ0n) is 16.2. The van der Waals surface area contributed by atoms with Crippen LogP contribution in [0.25, 0.3) is 0 Å². The largest absolute Gasteiger partial charge is 0.497 e. The molecule has 1 aromatic carbocycles. The van der Waals surface area contributed by atoms with Crippen LogP contribution in [0.3, 0.4) is 0 Å². The van der Waals surface area contributed by atoms with Gasteiger partial charge in [0.1, 0.15) is 5.75 Å². The number of carbonyl (C=O) groups excluding carboxylic acids is 3. The molecule has 0 radical (unpaired) electrons. The minimum Gasteiger partial charge on any atom is -0.497 e. The number of hydrogen-bond acceptors (Lipinski definition) is 4. The van der Waals surface area contributed by atoms with Crippen molar-refractivity contribution in [2.45, 2.75) is 20.3 Å². The highest BCUT2D eigenvalue weighted by atomic mass is 16.5. The van der Waals surface area contributed by atoms with Crippen LogP contribution < -0.4 is 4.74 Å². The van der Waals surface area contributed by atoms with Gasteiger partial charge in [0.25, 0.3) is 5.91 Å². The van der Waals surface area contributed by atoms with Crippen molar-refractivity contribution < 1.29 is 19.1 Å². The Balaban J connectivity index is 1.86. The molecule has 146 valence electrons. The summed E-state index contributed by atoms with van der Waals surface area (Å²) in [6.07, 6.45) is 0.372. The third-order valence-corrected chi connectivity index (χ3v) is 5.55. The zero-order valence-corrected chi connectivity index (χ0v) is 16.2. The number of hydrogen-bond donors (Lipinski definition) is 0. The summed E-state index contributed by atoms with van der Waals surface area (Å²) in [5, 5.41) is 0. The lowest BCUT2D eigenvalue weighted by atomic mass is 9.85. The Bertz CT molecular complexity index is 733. The van der Waals surface area contributed by atoms with Crippen molar-refractivity contribution in [2.75, 3.05) is 46.4 Å². The van der Waals surface area contributed by atoms with Gasteiger partial charge in [-0.15, -0.1) is 0 Å². The smallest absolute Gasteiger partial charge is 0.253 e. The van der Waals surface area contributed by atoms with Crippen LogP contribution in [0.4, 0.5) is 0 Å². The van der Waals surface area contributed by atoms with Gasteiger partial charge in [-0.05, 0) is 31.2 Å². The van der Waals surface area contributed by atoms with E-state index in [1.54, 1.807) is 48.1 Å². The Morgan fingerprint density at radius 3 is 2.26 bits per heavy atom. The molecule has 2 saturated heterocycles. The number of benzene rings is 1. The van der Waals surface area contributed by atoms with Crippen molar-refractivity contribution in [3.8, 4) is 5.75 Å². The second-order valence-corrected chi connectivity index (χ2v) is 7.48. The molecule has 0 bridgehead atoms. The van der Waals surface area contributed by atoms with Crippen molar-refractivity contribution in [1.82, 2.24) is 14.7 Å². The molecule has 1 atom stereocenters. The van der Waals surface area contributed by atoms with Gasteiger partial charge in [0, 0.05) is 63.6 Å². The van der Waals surface area contributed by atoms with Gasteiger partial charge in [-0.1, -0.05) is 0 Å². The molecule has 2 fully saturated rings. The fraction of sp³-hybridized carbons (Fsp3) is 0.550. The molecule has 3 amide bonds. The van der Waals surface area contributed by atoms with Crippen molar-refractivity contribution in [1.29, 1.82) is 0 Å². The standard InChI is InChI=1S/C20H27N3O4/c1-4-21-12-20(11-18(21)25)13-22(15(2)24)9-10-23(14-20)19(26)16-5-7-17(27-3)8-6-16/h5-8H,4,9-14H2,1-3H3/t20-/m1/s1. The summed E-state index contributed by atoms with van der Waals surface area (Å²) in [5.41, 5.74) is 0.177. The van der Waals surface area contributed by atoms with Crippen molar-refractivity contribution in [3.63, 3.8) is 0 Å². The third-order valence-electron chi connectivity index (χ3n) is 5.55. The van der Waals surface area contributed by atoms with Gasteiger partial charge < -0.3 is 19.4 Å². The van der Waals surface area contributed by atoms with Crippen LogP contribution in [-0.4, -0.2) is 78.8 Å². The molecule has 0 aliphatic carbocycles. The maximum Gasteiger partial charge on any atom is 0.253 e. The number of likely N-dealkylation sites (tertiary alicyclic amines) is 1. The van der Waals surface area contributed by atoms with Crippen molar-refractivity contribution >= 4 is 17.7 Å². The van der Waals surface area contributed by atoms with Crippen molar-refractivity contribution in [3.05, 3.63) is 29.8 Å². The summed E-state index contributed by atoms with van der Waals surface area (Å²) in [7, 11) is 1.59. The van der Waals surface area contributed by atoms with Crippen LogP contribution in [0.5, 0.6) is 5.75 Å². The molecule has 3 rings (SSSR count). The first kappa shape index (κ1) is 19.2. The highest BCUT2D eigenvalue weighted by Gasteiger charge is 2.47. The molecule has 7 heteroatoms. The van der Waals surface area contributed by atoms with E-state index in [9.17, 15) is 14.4 Å². The quantitative estimate of drug-likeness (QED) is 0.799. The molecule has 1 aromatic rings. The molecule has 0 unspecified atom stereocenters. The van der Waals surface area contributed by atoms with E-state index in [1.165, 1.54) is 0 Å². The molecule has 1 spiro atoms. The van der Waals surface area contributed by atoms with Gasteiger partial charge in [-0.25, -0.2) is 0 Å². The van der Waals surface area contributed by atoms with E-state index in [1.807, 2.05) is 11.8 Å². The van der Waals surface area contributed by atoms with Gasteiger partial charge in [0.2, 0.25) is 11.8 Å². The molecule has 2 aliphatic heterocycles. The normalized spacial score (nSPS) is 22.9. The molecule has 0 aromatic heterocycles. The van der Waals surface area contributed by atoms with E-state index in [4.69, 9.17) is 4.74 Å². The van der Waals surface area contributed by atoms with Gasteiger partial charge in [0.05, 0.1) is 7.11 Å². The zero-order chi connectivity index (χ0) is 19.6. The summed E-state index contributed by atoms with van der Waals surface area (Å²) in [5.74, 6) is 0.696. The topological polar surface area (TPSA) is 70.2 Å². The Labute approximate surface area is 159 Å². The summed E-state index contributed by atoms with van der Waals surface area (Å²) in [6.45, 7) is 6.66. The summed E-state index contributed by atoms with van der Waals surface area (Å²) >= 11 is 0. The first-order chi connectivity index (χ1) is 12.9. The van der Waals surface area contributed by atoms with Gasteiger partial charge >= 0.3 is 0 Å². The highest BCUT2D eigenvalue weighted by molar-refractivity contribution is 5.94. The summed E-state index contributed by atoms with van der Waals surface area (Å²) in [6, 6.07) is 7.03. The average molecular weight is 373 g/mol. The first-order valence-electron chi connectivity index (χ1n) is 9.34. The van der Waals surface area contributed by atoms with Crippen LogP contribution in [0.2, 0.25) is 0 Å². The van der Waals surface area contributed by atoms with E-state index in [2.05, 4.69) is 0 Å². The lowest BCUT2D eigenvalue weighted by Crippen LogP contribution is -2.45. The fourth-order valence-corrected chi connectivity index (χ4v) is 4.10. The summed E-state index contributed by atoms with van der Waals surface area (Å²) in [4.78, 5) is 42.9. The Morgan fingerprint density at radius 1 is 1.07 bits per heavy atom. The van der Waals surface area contributed by atoms with Crippen molar-refractivity contribution in [2.24, 2.45) is 5.41 Å². The lowest BCUT2D eigenvalue weighted by molar-refractivity contribution is -0.130. The third kappa shape index (κ3) is 3.91. The van der Waals surface area contributed by atoms with E-state index in [-0.39, 0.29) is 17.7 Å². The monoisotopic (exact) mass is 373 g/mol. The molecule has 2 heterocycles. The number of nitrogens with zero attached hydrogens (tertiary/aromatic N) is 3. The molecule has 7 nitrogen and oxygen atoms in total. The first-order valence-corrected chi connectivity index (χ1v) is 9.34. The van der Waals surface area contributed by atoms with E-state index >= 15 is 0 Å². The highest BCUT2D eigenvalue weighted by Crippen LogP contribution is 2.35. The second-order valence-electron chi connectivity index (χ2n) is 7.48. The van der Waals surface area contributed by atoms with Crippen LogP contribution in [-0.2, 0) is 9.59 Å². The second kappa shape index (κ2) is 7.58. The molecule has 0 N–H and O–H groups in total. The minimum absolute atomic E-state index is 0.0180. The van der Waals surface area contributed by atoms with E-state index in [0.717, 1.165) is 0 Å². The van der Waals surface area contributed by atoms with Crippen LogP contribution in [0.1, 0.15) is 30.6 Å². The lowest BCUT2D eigenvalue weighted by Gasteiger charge is -2.33. The van der Waals surface area contributed by atoms with E-state index in [0.29, 0.717) is 57.0 Å². The molecule has 0 saturated carbocycles. The van der Waals surface area contributed by atoms with Gasteiger partial charge in [-0.3, -0.25) is 14.4 Å². The number of rotatable bonds is 3. The summed E-state index contributed by atoms with van der Waals surface area (Å²) < 4.78 is 5.15. The Kier molecular flexibility index (Phi) is 5.39. The molecule has 2 aliphatic rings.